The first-order valence-electron chi connectivity index (χ1n) is 7.94. The molecule has 0 saturated carbocycles. The fraction of sp³-hybridized carbons (Fsp3) is 0.471. The summed E-state index contributed by atoms with van der Waals surface area (Å²) in [6.07, 6.45) is 1.63. The summed E-state index contributed by atoms with van der Waals surface area (Å²) >= 11 is 0. The number of carboxylic acids is 1. The Bertz CT molecular complexity index is 600. The topological polar surface area (TPSA) is 105 Å². The van der Waals surface area contributed by atoms with Gasteiger partial charge in [-0.25, -0.2) is 0 Å². The maximum Gasteiger partial charge on any atom is 0.322 e. The van der Waals surface area contributed by atoms with Crippen molar-refractivity contribution in [2.24, 2.45) is 5.92 Å². The lowest BCUT2D eigenvalue weighted by Crippen LogP contribution is -2.32. The molecule has 0 radical (unpaired) electrons. The van der Waals surface area contributed by atoms with Gasteiger partial charge in [0, 0.05) is 18.2 Å². The highest BCUT2D eigenvalue weighted by Gasteiger charge is 2.25. The standard InChI is InChI=1S/C17H22N2O5/c1-11-8-13(6-7-24-11)17(23)19-14-4-2-12(3-5-14)9-15(20)18-10-16(21)22/h2-5,11,13H,6-10H2,1H3,(H,18,20)(H,19,23)(H,21,22). The predicted octanol–water partition coefficient (Wildman–Crippen LogP) is 1.18. The summed E-state index contributed by atoms with van der Waals surface area (Å²) in [5.41, 5.74) is 1.42. The molecule has 130 valence electrons. The number of benzene rings is 1. The van der Waals surface area contributed by atoms with Crippen molar-refractivity contribution in [3.05, 3.63) is 29.8 Å². The molecule has 1 saturated heterocycles. The molecular weight excluding hydrogens is 312 g/mol. The lowest BCUT2D eigenvalue weighted by atomic mass is 9.95. The minimum absolute atomic E-state index is 0.0166. The lowest BCUT2D eigenvalue weighted by Gasteiger charge is -2.26. The summed E-state index contributed by atoms with van der Waals surface area (Å²) in [4.78, 5) is 34.2. The van der Waals surface area contributed by atoms with E-state index >= 15 is 0 Å². The number of carbonyl (C=O) groups is 3. The number of aliphatic carboxylic acids is 1. The minimum Gasteiger partial charge on any atom is -0.480 e. The van der Waals surface area contributed by atoms with Gasteiger partial charge in [-0.2, -0.15) is 0 Å². The average molecular weight is 334 g/mol. The highest BCUT2D eigenvalue weighted by molar-refractivity contribution is 5.92. The first-order chi connectivity index (χ1) is 11.4. The smallest absolute Gasteiger partial charge is 0.322 e. The van der Waals surface area contributed by atoms with Crippen LogP contribution < -0.4 is 10.6 Å². The molecule has 2 unspecified atom stereocenters. The highest BCUT2D eigenvalue weighted by Crippen LogP contribution is 2.22. The van der Waals surface area contributed by atoms with Crippen molar-refractivity contribution < 1.29 is 24.2 Å². The zero-order chi connectivity index (χ0) is 17.5. The van der Waals surface area contributed by atoms with E-state index in [0.717, 1.165) is 12.0 Å². The van der Waals surface area contributed by atoms with Crippen LogP contribution in [0.1, 0.15) is 25.3 Å². The zero-order valence-corrected chi connectivity index (χ0v) is 13.6. The number of nitrogens with one attached hydrogen (secondary N) is 2. The van der Waals surface area contributed by atoms with Crippen LogP contribution in [0, 0.1) is 5.92 Å². The van der Waals surface area contributed by atoms with Gasteiger partial charge in [-0.15, -0.1) is 0 Å². The fourth-order valence-electron chi connectivity index (χ4n) is 2.61. The maximum absolute atomic E-state index is 12.2. The monoisotopic (exact) mass is 334 g/mol. The van der Waals surface area contributed by atoms with Crippen molar-refractivity contribution in [3.8, 4) is 0 Å². The highest BCUT2D eigenvalue weighted by atomic mass is 16.5. The van der Waals surface area contributed by atoms with Gasteiger partial charge in [-0.3, -0.25) is 14.4 Å². The summed E-state index contributed by atoms with van der Waals surface area (Å²) in [5.74, 6) is -1.50. The molecular formula is C17H22N2O5. The van der Waals surface area contributed by atoms with Crippen molar-refractivity contribution in [3.63, 3.8) is 0 Å². The predicted molar refractivity (Wildman–Crippen MR) is 87.6 cm³/mol. The normalized spacial score (nSPS) is 20.2. The molecule has 2 amide bonds. The van der Waals surface area contributed by atoms with Crippen LogP contribution in [0.15, 0.2) is 24.3 Å². The van der Waals surface area contributed by atoms with E-state index in [1.165, 1.54) is 0 Å². The van der Waals surface area contributed by atoms with E-state index in [4.69, 9.17) is 9.84 Å². The quantitative estimate of drug-likeness (QED) is 0.725. The fourth-order valence-corrected chi connectivity index (χ4v) is 2.61. The molecule has 7 nitrogen and oxygen atoms in total. The van der Waals surface area contributed by atoms with Crippen molar-refractivity contribution in [1.29, 1.82) is 0 Å². The number of carbonyl (C=O) groups excluding carboxylic acids is 2. The second-order valence-corrected chi connectivity index (χ2v) is 5.94. The zero-order valence-electron chi connectivity index (χ0n) is 13.6. The third kappa shape index (κ3) is 5.66. The SMILES string of the molecule is CC1CC(C(=O)Nc2ccc(CC(=O)NCC(=O)O)cc2)CCO1. The van der Waals surface area contributed by atoms with E-state index in [0.29, 0.717) is 18.7 Å². The largest absolute Gasteiger partial charge is 0.480 e. The second-order valence-electron chi connectivity index (χ2n) is 5.94. The Balaban J connectivity index is 1.84. The maximum atomic E-state index is 12.2. The number of carboxylic acid groups (broad SMARTS) is 1. The molecule has 1 fully saturated rings. The van der Waals surface area contributed by atoms with Crippen molar-refractivity contribution in [2.75, 3.05) is 18.5 Å². The Labute approximate surface area is 140 Å². The van der Waals surface area contributed by atoms with Gasteiger partial charge in [-0.1, -0.05) is 12.1 Å². The van der Waals surface area contributed by atoms with Gasteiger partial charge < -0.3 is 20.5 Å². The van der Waals surface area contributed by atoms with Crippen LogP contribution in [0.3, 0.4) is 0 Å². The van der Waals surface area contributed by atoms with Gasteiger partial charge in [0.25, 0.3) is 0 Å². The van der Waals surface area contributed by atoms with Crippen LogP contribution in [0.4, 0.5) is 5.69 Å². The number of rotatable bonds is 6. The molecule has 0 spiro atoms. The van der Waals surface area contributed by atoms with Gasteiger partial charge in [0.05, 0.1) is 12.5 Å². The Morgan fingerprint density at radius 2 is 1.96 bits per heavy atom. The number of hydrogen-bond donors (Lipinski definition) is 3. The number of hydrogen-bond acceptors (Lipinski definition) is 4. The number of ether oxygens (including phenoxy) is 1. The summed E-state index contributed by atoms with van der Waals surface area (Å²) in [6.45, 7) is 2.17. The number of amides is 2. The van der Waals surface area contributed by atoms with Gasteiger partial charge >= 0.3 is 5.97 Å². The van der Waals surface area contributed by atoms with E-state index in [9.17, 15) is 14.4 Å². The summed E-state index contributed by atoms with van der Waals surface area (Å²) in [6, 6.07) is 6.95. The van der Waals surface area contributed by atoms with Crippen molar-refractivity contribution in [1.82, 2.24) is 5.32 Å². The molecule has 2 rings (SSSR count). The van der Waals surface area contributed by atoms with Gasteiger partial charge in [0.15, 0.2) is 0 Å². The molecule has 7 heteroatoms. The molecule has 0 bridgehead atoms. The van der Waals surface area contributed by atoms with Gasteiger partial charge in [-0.05, 0) is 37.5 Å². The van der Waals surface area contributed by atoms with E-state index < -0.39 is 12.5 Å². The third-order valence-corrected chi connectivity index (χ3v) is 3.88. The Morgan fingerprint density at radius 1 is 1.25 bits per heavy atom. The number of anilines is 1. The first kappa shape index (κ1) is 17.9. The van der Waals surface area contributed by atoms with Crippen LogP contribution >= 0.6 is 0 Å². The van der Waals surface area contributed by atoms with E-state index in [1.807, 2.05) is 6.92 Å². The molecule has 1 aliphatic heterocycles. The van der Waals surface area contributed by atoms with Crippen molar-refractivity contribution >= 4 is 23.5 Å². The molecule has 1 aliphatic rings. The van der Waals surface area contributed by atoms with E-state index in [2.05, 4.69) is 10.6 Å². The minimum atomic E-state index is -1.08. The van der Waals surface area contributed by atoms with E-state index in [-0.39, 0.29) is 30.3 Å². The summed E-state index contributed by atoms with van der Waals surface area (Å²) < 4.78 is 5.44. The molecule has 24 heavy (non-hydrogen) atoms. The van der Waals surface area contributed by atoms with Crippen LogP contribution in [0.5, 0.6) is 0 Å². The first-order valence-corrected chi connectivity index (χ1v) is 7.94. The summed E-state index contributed by atoms with van der Waals surface area (Å²) in [7, 11) is 0. The molecule has 1 heterocycles. The second kappa shape index (κ2) is 8.44. The summed E-state index contributed by atoms with van der Waals surface area (Å²) in [5, 5.41) is 13.7. The molecule has 0 aromatic heterocycles. The Hall–Kier alpha value is -2.41. The third-order valence-electron chi connectivity index (χ3n) is 3.88. The lowest BCUT2D eigenvalue weighted by molar-refractivity contribution is -0.137. The van der Waals surface area contributed by atoms with Crippen molar-refractivity contribution in [2.45, 2.75) is 32.3 Å². The Kier molecular flexibility index (Phi) is 6.31. The molecule has 3 N–H and O–H groups in total. The molecule has 2 atom stereocenters. The van der Waals surface area contributed by atoms with Crippen LogP contribution in [0.25, 0.3) is 0 Å². The van der Waals surface area contributed by atoms with Crippen LogP contribution in [0.2, 0.25) is 0 Å². The average Bonchev–Trinajstić information content (AvgIpc) is 2.55. The molecule has 1 aromatic rings. The van der Waals surface area contributed by atoms with Gasteiger partial charge in [0.1, 0.15) is 6.54 Å². The van der Waals surface area contributed by atoms with E-state index in [1.54, 1.807) is 24.3 Å². The molecule has 0 aliphatic carbocycles. The Morgan fingerprint density at radius 3 is 2.58 bits per heavy atom. The van der Waals surface area contributed by atoms with Crippen LogP contribution in [-0.2, 0) is 25.5 Å². The van der Waals surface area contributed by atoms with Crippen LogP contribution in [-0.4, -0.2) is 42.1 Å². The molecule has 1 aromatic carbocycles. The van der Waals surface area contributed by atoms with Gasteiger partial charge in [0.2, 0.25) is 11.8 Å².